The molecule has 128 valence electrons. The van der Waals surface area contributed by atoms with E-state index >= 15 is 0 Å². The lowest BCUT2D eigenvalue weighted by atomic mass is 10.3. The third kappa shape index (κ3) is 4.63. The summed E-state index contributed by atoms with van der Waals surface area (Å²) in [5.74, 6) is 0.474. The van der Waals surface area contributed by atoms with Crippen molar-refractivity contribution in [3.05, 3.63) is 48.5 Å². The highest BCUT2D eigenvalue weighted by Gasteiger charge is 2.14. The zero-order valence-electron chi connectivity index (χ0n) is 13.2. The van der Waals surface area contributed by atoms with E-state index in [2.05, 4.69) is 9.46 Å². The largest absolute Gasteiger partial charge is 0.497 e. The lowest BCUT2D eigenvalue weighted by Crippen LogP contribution is -2.14. The number of anilines is 1. The van der Waals surface area contributed by atoms with Gasteiger partial charge in [0.25, 0.3) is 10.0 Å². The highest BCUT2D eigenvalue weighted by Crippen LogP contribution is 2.21. The maximum absolute atomic E-state index is 12.3. The monoisotopic (exact) mass is 351 g/mol. The molecule has 0 saturated heterocycles. The standard InChI is InChI=1S/C16H17NO6S/c1-21-13-5-3-12(4-6-13)17-24(19,20)15-9-7-14(8-10-15)23-11-16(18)22-2/h3-10,17H,11H2,1-2H3. The van der Waals surface area contributed by atoms with E-state index in [9.17, 15) is 13.2 Å². The lowest BCUT2D eigenvalue weighted by molar-refractivity contribution is -0.142. The summed E-state index contributed by atoms with van der Waals surface area (Å²) in [4.78, 5) is 11.1. The number of methoxy groups -OCH3 is 2. The number of carbonyl (C=O) groups excluding carboxylic acids is 1. The van der Waals surface area contributed by atoms with Gasteiger partial charge in [-0.2, -0.15) is 0 Å². The Bertz CT molecular complexity index is 784. The molecule has 2 aromatic carbocycles. The Morgan fingerprint density at radius 2 is 1.54 bits per heavy atom. The Balaban J connectivity index is 2.06. The number of carbonyl (C=O) groups is 1. The minimum absolute atomic E-state index is 0.0729. The summed E-state index contributed by atoms with van der Waals surface area (Å²) in [5.41, 5.74) is 0.418. The topological polar surface area (TPSA) is 90.9 Å². The molecule has 0 fully saturated rings. The van der Waals surface area contributed by atoms with Crippen LogP contribution in [0.15, 0.2) is 53.4 Å². The molecule has 24 heavy (non-hydrogen) atoms. The summed E-state index contributed by atoms with van der Waals surface area (Å²) in [6.45, 7) is -0.243. The third-order valence-corrected chi connectivity index (χ3v) is 4.46. The van der Waals surface area contributed by atoms with Crippen molar-refractivity contribution in [2.75, 3.05) is 25.5 Å². The molecule has 0 radical (unpaired) electrons. The Hall–Kier alpha value is -2.74. The normalized spacial score (nSPS) is 10.8. The molecule has 8 heteroatoms. The number of esters is 1. The van der Waals surface area contributed by atoms with Crippen molar-refractivity contribution in [2.24, 2.45) is 0 Å². The molecule has 0 unspecified atom stereocenters. The van der Waals surface area contributed by atoms with Gasteiger partial charge in [-0.15, -0.1) is 0 Å². The summed E-state index contributed by atoms with van der Waals surface area (Å²) >= 11 is 0. The van der Waals surface area contributed by atoms with Gasteiger partial charge in [0.2, 0.25) is 0 Å². The van der Waals surface area contributed by atoms with E-state index in [-0.39, 0.29) is 11.5 Å². The predicted octanol–water partition coefficient (Wildman–Crippen LogP) is 2.05. The second-order valence-electron chi connectivity index (χ2n) is 4.67. The average Bonchev–Trinajstić information content (AvgIpc) is 2.60. The summed E-state index contributed by atoms with van der Waals surface area (Å²) in [6, 6.07) is 12.2. The van der Waals surface area contributed by atoms with E-state index in [0.717, 1.165) is 0 Å². The van der Waals surface area contributed by atoms with Gasteiger partial charge < -0.3 is 14.2 Å². The minimum atomic E-state index is -3.72. The van der Waals surface area contributed by atoms with Gasteiger partial charge in [-0.25, -0.2) is 13.2 Å². The minimum Gasteiger partial charge on any atom is -0.497 e. The molecule has 0 aromatic heterocycles. The van der Waals surface area contributed by atoms with Crippen LogP contribution in [0.1, 0.15) is 0 Å². The second-order valence-corrected chi connectivity index (χ2v) is 6.35. The highest BCUT2D eigenvalue weighted by molar-refractivity contribution is 7.92. The molecule has 0 bridgehead atoms. The number of ether oxygens (including phenoxy) is 3. The van der Waals surface area contributed by atoms with Crippen LogP contribution in [0.5, 0.6) is 11.5 Å². The zero-order chi connectivity index (χ0) is 17.6. The number of rotatable bonds is 7. The molecule has 0 atom stereocenters. The Morgan fingerprint density at radius 1 is 0.958 bits per heavy atom. The number of sulfonamides is 1. The quantitative estimate of drug-likeness (QED) is 0.768. The molecule has 0 spiro atoms. The van der Waals surface area contributed by atoms with Gasteiger partial charge in [0.05, 0.1) is 19.1 Å². The van der Waals surface area contributed by atoms with E-state index < -0.39 is 16.0 Å². The summed E-state index contributed by atoms with van der Waals surface area (Å²) in [5, 5.41) is 0. The first-order valence-corrected chi connectivity index (χ1v) is 8.39. The molecule has 0 saturated carbocycles. The molecule has 2 rings (SSSR count). The Labute approximate surface area is 140 Å². The smallest absolute Gasteiger partial charge is 0.343 e. The van der Waals surface area contributed by atoms with Crippen LogP contribution in [0, 0.1) is 0 Å². The van der Waals surface area contributed by atoms with Crippen molar-refractivity contribution in [3.63, 3.8) is 0 Å². The van der Waals surface area contributed by atoms with Gasteiger partial charge in [0, 0.05) is 5.69 Å². The van der Waals surface area contributed by atoms with Crippen molar-refractivity contribution < 1.29 is 27.4 Å². The molecule has 2 aromatic rings. The summed E-state index contributed by atoms with van der Waals surface area (Å²) in [6.07, 6.45) is 0. The lowest BCUT2D eigenvalue weighted by Gasteiger charge is -2.10. The van der Waals surface area contributed by atoms with Crippen molar-refractivity contribution in [1.82, 2.24) is 0 Å². The number of benzene rings is 2. The van der Waals surface area contributed by atoms with Gasteiger partial charge >= 0.3 is 5.97 Å². The number of nitrogens with one attached hydrogen (secondary N) is 1. The number of hydrogen-bond donors (Lipinski definition) is 1. The van der Waals surface area contributed by atoms with Crippen LogP contribution in [0.25, 0.3) is 0 Å². The SMILES string of the molecule is COC(=O)COc1ccc(S(=O)(=O)Nc2ccc(OC)cc2)cc1. The predicted molar refractivity (Wildman–Crippen MR) is 87.8 cm³/mol. The van der Waals surface area contributed by atoms with E-state index in [0.29, 0.717) is 17.2 Å². The number of hydrogen-bond acceptors (Lipinski definition) is 6. The molecule has 0 amide bonds. The fraction of sp³-hybridized carbons (Fsp3) is 0.188. The van der Waals surface area contributed by atoms with Crippen LogP contribution in [-0.2, 0) is 19.6 Å². The first kappa shape index (κ1) is 17.6. The Kier molecular flexibility index (Phi) is 5.64. The van der Waals surface area contributed by atoms with Crippen molar-refractivity contribution >= 4 is 21.7 Å². The van der Waals surface area contributed by atoms with Crippen LogP contribution in [0.2, 0.25) is 0 Å². The van der Waals surface area contributed by atoms with Gasteiger partial charge in [-0.1, -0.05) is 0 Å². The third-order valence-electron chi connectivity index (χ3n) is 3.06. The van der Waals surface area contributed by atoms with Crippen molar-refractivity contribution in [2.45, 2.75) is 4.90 Å². The molecule has 0 heterocycles. The highest BCUT2D eigenvalue weighted by atomic mass is 32.2. The van der Waals surface area contributed by atoms with Gasteiger partial charge in [0.15, 0.2) is 6.61 Å². The molecular formula is C16H17NO6S. The van der Waals surface area contributed by atoms with E-state index in [1.807, 2.05) is 0 Å². The van der Waals surface area contributed by atoms with Crippen molar-refractivity contribution in [1.29, 1.82) is 0 Å². The van der Waals surface area contributed by atoms with E-state index in [1.54, 1.807) is 24.3 Å². The molecule has 0 aliphatic heterocycles. The molecule has 1 N–H and O–H groups in total. The maximum atomic E-state index is 12.3. The van der Waals surface area contributed by atoms with E-state index in [4.69, 9.17) is 9.47 Å². The molecule has 0 aliphatic rings. The zero-order valence-corrected chi connectivity index (χ0v) is 14.0. The van der Waals surface area contributed by atoms with Crippen LogP contribution < -0.4 is 14.2 Å². The fourth-order valence-electron chi connectivity index (χ4n) is 1.79. The molecule has 7 nitrogen and oxygen atoms in total. The molecule has 0 aliphatic carbocycles. The van der Waals surface area contributed by atoms with Crippen LogP contribution in [0.4, 0.5) is 5.69 Å². The second kappa shape index (κ2) is 7.69. The van der Waals surface area contributed by atoms with Gasteiger partial charge in [0.1, 0.15) is 11.5 Å². The average molecular weight is 351 g/mol. The summed E-state index contributed by atoms with van der Waals surface area (Å²) in [7, 11) is -0.937. The maximum Gasteiger partial charge on any atom is 0.343 e. The molecular weight excluding hydrogens is 334 g/mol. The Morgan fingerprint density at radius 3 is 2.08 bits per heavy atom. The van der Waals surface area contributed by atoms with Crippen LogP contribution >= 0.6 is 0 Å². The van der Waals surface area contributed by atoms with Crippen LogP contribution in [0.3, 0.4) is 0 Å². The van der Waals surface area contributed by atoms with Crippen molar-refractivity contribution in [3.8, 4) is 11.5 Å². The van der Waals surface area contributed by atoms with Gasteiger partial charge in [-0.05, 0) is 48.5 Å². The first-order chi connectivity index (χ1) is 11.4. The van der Waals surface area contributed by atoms with Crippen LogP contribution in [-0.4, -0.2) is 35.2 Å². The first-order valence-electron chi connectivity index (χ1n) is 6.91. The fourth-order valence-corrected chi connectivity index (χ4v) is 2.85. The van der Waals surface area contributed by atoms with E-state index in [1.165, 1.54) is 38.5 Å². The van der Waals surface area contributed by atoms with Gasteiger partial charge in [-0.3, -0.25) is 4.72 Å². The summed E-state index contributed by atoms with van der Waals surface area (Å²) < 4.78 is 41.8.